The van der Waals surface area contributed by atoms with Crippen LogP contribution in [-0.4, -0.2) is 14.2 Å². The van der Waals surface area contributed by atoms with E-state index in [0.29, 0.717) is 0 Å². The van der Waals surface area contributed by atoms with E-state index in [1.165, 1.54) is 11.1 Å². The molecule has 2 aromatic carbocycles. The fraction of sp³-hybridized carbons (Fsp3) is 0.333. The molecule has 1 atom stereocenters. The minimum Gasteiger partial charge on any atom is -0.496 e. The van der Waals surface area contributed by atoms with Gasteiger partial charge in [0.1, 0.15) is 5.75 Å². The molecule has 0 aliphatic rings. The van der Waals surface area contributed by atoms with Crippen LogP contribution in [0.15, 0.2) is 42.5 Å². The number of hydrogen-bond donors (Lipinski definition) is 1. The summed E-state index contributed by atoms with van der Waals surface area (Å²) in [5.74, 6) is 0.846. The van der Waals surface area contributed by atoms with Crippen LogP contribution >= 0.6 is 0 Å². The standard InChI is InChI=1S/C18H24N2O/c1-13-7-5-8-15(11-13)12-20(3)16-9-6-10-17(21-4)18(16)14(2)19/h5-11,14H,12,19H2,1-4H3/t14-/m1/s1. The van der Waals surface area contributed by atoms with Crippen molar-refractivity contribution in [1.82, 2.24) is 0 Å². The van der Waals surface area contributed by atoms with Gasteiger partial charge in [-0.2, -0.15) is 0 Å². The Hall–Kier alpha value is -2.00. The van der Waals surface area contributed by atoms with Crippen molar-refractivity contribution >= 4 is 5.69 Å². The molecule has 0 bridgehead atoms. The van der Waals surface area contributed by atoms with Crippen LogP contribution in [0.2, 0.25) is 0 Å². The van der Waals surface area contributed by atoms with Crippen molar-refractivity contribution in [1.29, 1.82) is 0 Å². The quantitative estimate of drug-likeness (QED) is 0.910. The Morgan fingerprint density at radius 3 is 2.52 bits per heavy atom. The molecule has 0 amide bonds. The fourth-order valence-electron chi connectivity index (χ4n) is 2.67. The van der Waals surface area contributed by atoms with Gasteiger partial charge in [-0.1, -0.05) is 35.9 Å². The number of rotatable bonds is 5. The van der Waals surface area contributed by atoms with Gasteiger partial charge in [-0.05, 0) is 31.5 Å². The molecular weight excluding hydrogens is 260 g/mol. The number of hydrogen-bond acceptors (Lipinski definition) is 3. The van der Waals surface area contributed by atoms with Gasteiger partial charge in [-0.3, -0.25) is 0 Å². The lowest BCUT2D eigenvalue weighted by Crippen LogP contribution is -2.20. The lowest BCUT2D eigenvalue weighted by molar-refractivity contribution is 0.407. The van der Waals surface area contributed by atoms with Crippen molar-refractivity contribution in [2.45, 2.75) is 26.4 Å². The average molecular weight is 284 g/mol. The molecule has 3 heteroatoms. The minimum atomic E-state index is -0.0730. The van der Waals surface area contributed by atoms with Gasteiger partial charge in [0.25, 0.3) is 0 Å². The zero-order chi connectivity index (χ0) is 15.4. The van der Waals surface area contributed by atoms with Crippen LogP contribution in [0.5, 0.6) is 5.75 Å². The number of anilines is 1. The number of nitrogens with two attached hydrogens (primary N) is 1. The van der Waals surface area contributed by atoms with E-state index in [2.05, 4.69) is 49.2 Å². The summed E-state index contributed by atoms with van der Waals surface area (Å²) in [5, 5.41) is 0. The van der Waals surface area contributed by atoms with Crippen LogP contribution in [0.1, 0.15) is 29.7 Å². The van der Waals surface area contributed by atoms with Crippen molar-refractivity contribution in [3.63, 3.8) is 0 Å². The van der Waals surface area contributed by atoms with Crippen LogP contribution in [0.25, 0.3) is 0 Å². The molecule has 0 fully saturated rings. The van der Waals surface area contributed by atoms with E-state index in [4.69, 9.17) is 10.5 Å². The van der Waals surface area contributed by atoms with E-state index < -0.39 is 0 Å². The fourth-order valence-corrected chi connectivity index (χ4v) is 2.67. The van der Waals surface area contributed by atoms with Gasteiger partial charge in [-0.25, -0.2) is 0 Å². The Bertz CT molecular complexity index is 608. The largest absolute Gasteiger partial charge is 0.496 e. The topological polar surface area (TPSA) is 38.5 Å². The van der Waals surface area contributed by atoms with E-state index in [1.54, 1.807) is 7.11 Å². The summed E-state index contributed by atoms with van der Waals surface area (Å²) in [6.07, 6.45) is 0. The van der Waals surface area contributed by atoms with Gasteiger partial charge in [-0.15, -0.1) is 0 Å². The first-order valence-electron chi connectivity index (χ1n) is 7.22. The zero-order valence-electron chi connectivity index (χ0n) is 13.3. The smallest absolute Gasteiger partial charge is 0.125 e. The first-order chi connectivity index (χ1) is 10.0. The summed E-state index contributed by atoms with van der Waals surface area (Å²) in [4.78, 5) is 2.22. The molecule has 112 valence electrons. The zero-order valence-corrected chi connectivity index (χ0v) is 13.3. The molecule has 21 heavy (non-hydrogen) atoms. The van der Waals surface area contributed by atoms with E-state index in [0.717, 1.165) is 23.5 Å². The lowest BCUT2D eigenvalue weighted by Gasteiger charge is -2.25. The Morgan fingerprint density at radius 1 is 1.19 bits per heavy atom. The van der Waals surface area contributed by atoms with Crippen molar-refractivity contribution in [3.05, 3.63) is 59.2 Å². The monoisotopic (exact) mass is 284 g/mol. The van der Waals surface area contributed by atoms with Gasteiger partial charge in [0.15, 0.2) is 0 Å². The molecule has 3 nitrogen and oxygen atoms in total. The maximum absolute atomic E-state index is 6.14. The van der Waals surface area contributed by atoms with E-state index in [9.17, 15) is 0 Å². The van der Waals surface area contributed by atoms with Crippen molar-refractivity contribution in [3.8, 4) is 5.75 Å². The Morgan fingerprint density at radius 2 is 1.90 bits per heavy atom. The highest BCUT2D eigenvalue weighted by molar-refractivity contribution is 5.60. The highest BCUT2D eigenvalue weighted by atomic mass is 16.5. The molecular formula is C18H24N2O. The first kappa shape index (κ1) is 15.4. The van der Waals surface area contributed by atoms with Gasteiger partial charge in [0, 0.05) is 30.9 Å². The first-order valence-corrected chi connectivity index (χ1v) is 7.22. The highest BCUT2D eigenvalue weighted by Crippen LogP contribution is 2.33. The molecule has 2 rings (SSSR count). The van der Waals surface area contributed by atoms with Crippen LogP contribution in [0.4, 0.5) is 5.69 Å². The third-order valence-corrected chi connectivity index (χ3v) is 3.63. The van der Waals surface area contributed by atoms with E-state index >= 15 is 0 Å². The van der Waals surface area contributed by atoms with Crippen LogP contribution in [-0.2, 0) is 6.54 Å². The maximum Gasteiger partial charge on any atom is 0.125 e. The molecule has 0 aliphatic carbocycles. The molecule has 0 heterocycles. The van der Waals surface area contributed by atoms with Gasteiger partial charge >= 0.3 is 0 Å². The molecule has 0 saturated heterocycles. The maximum atomic E-state index is 6.14. The van der Waals surface area contributed by atoms with Crippen LogP contribution in [0, 0.1) is 6.92 Å². The summed E-state index contributed by atoms with van der Waals surface area (Å²) in [6.45, 7) is 4.94. The second-order valence-corrected chi connectivity index (χ2v) is 5.53. The third-order valence-electron chi connectivity index (χ3n) is 3.63. The van der Waals surface area contributed by atoms with Crippen LogP contribution < -0.4 is 15.4 Å². The Balaban J connectivity index is 2.32. The molecule has 0 spiro atoms. The number of aryl methyl sites for hydroxylation is 1. The van der Waals surface area contributed by atoms with Gasteiger partial charge in [0.05, 0.1) is 7.11 Å². The number of ether oxygens (including phenoxy) is 1. The number of nitrogens with zero attached hydrogens (tertiary/aromatic N) is 1. The predicted molar refractivity (Wildman–Crippen MR) is 88.9 cm³/mol. The molecule has 0 aromatic heterocycles. The Labute approximate surface area is 127 Å². The molecule has 2 N–H and O–H groups in total. The molecule has 0 saturated carbocycles. The van der Waals surface area contributed by atoms with E-state index in [1.807, 2.05) is 19.1 Å². The van der Waals surface area contributed by atoms with Crippen molar-refractivity contribution in [2.24, 2.45) is 5.73 Å². The summed E-state index contributed by atoms with van der Waals surface area (Å²) >= 11 is 0. The summed E-state index contributed by atoms with van der Waals surface area (Å²) in [7, 11) is 3.77. The van der Waals surface area contributed by atoms with Gasteiger partial charge < -0.3 is 15.4 Å². The van der Waals surface area contributed by atoms with E-state index in [-0.39, 0.29) is 6.04 Å². The van der Waals surface area contributed by atoms with Crippen molar-refractivity contribution in [2.75, 3.05) is 19.1 Å². The number of benzene rings is 2. The molecule has 0 radical (unpaired) electrons. The van der Waals surface area contributed by atoms with Crippen molar-refractivity contribution < 1.29 is 4.74 Å². The third kappa shape index (κ3) is 3.56. The molecule has 0 aliphatic heterocycles. The molecule has 2 aromatic rings. The highest BCUT2D eigenvalue weighted by Gasteiger charge is 2.16. The second-order valence-electron chi connectivity index (χ2n) is 5.53. The summed E-state index contributed by atoms with van der Waals surface area (Å²) in [5.41, 5.74) is 10.9. The minimum absolute atomic E-state index is 0.0730. The Kier molecular flexibility index (Phi) is 4.86. The second kappa shape index (κ2) is 6.64. The predicted octanol–water partition coefficient (Wildman–Crippen LogP) is 3.66. The average Bonchev–Trinajstić information content (AvgIpc) is 2.46. The van der Waals surface area contributed by atoms with Gasteiger partial charge in [0.2, 0.25) is 0 Å². The SMILES string of the molecule is COc1cccc(N(C)Cc2cccc(C)c2)c1[C@@H](C)N. The number of methoxy groups -OCH3 is 1. The summed E-state index contributed by atoms with van der Waals surface area (Å²) < 4.78 is 5.46. The lowest BCUT2D eigenvalue weighted by atomic mass is 10.0. The summed E-state index contributed by atoms with van der Waals surface area (Å²) in [6, 6.07) is 14.6. The normalized spacial score (nSPS) is 12.0. The molecule has 0 unspecified atom stereocenters. The van der Waals surface area contributed by atoms with Crippen LogP contribution in [0.3, 0.4) is 0 Å².